The molecule has 5 nitrogen and oxygen atoms in total. The third-order valence-corrected chi connectivity index (χ3v) is 2.31. The Morgan fingerprint density at radius 1 is 1.06 bits per heavy atom. The lowest BCUT2D eigenvalue weighted by molar-refractivity contribution is -0.156. The number of nitrogens with two attached hydrogens (primary N) is 1. The number of carbonyl (C=O) groups is 2. The van der Waals surface area contributed by atoms with E-state index in [1.807, 2.05) is 0 Å². The van der Waals surface area contributed by atoms with Crippen LogP contribution in [0, 0.1) is 0 Å². The molecule has 0 heterocycles. The number of hydrogen-bond donors (Lipinski definition) is 1. The lowest BCUT2D eigenvalue weighted by Gasteiger charge is -2.14. The van der Waals surface area contributed by atoms with Gasteiger partial charge in [0.15, 0.2) is 5.92 Å². The van der Waals surface area contributed by atoms with Crippen molar-refractivity contribution in [2.45, 2.75) is 19.8 Å². The van der Waals surface area contributed by atoms with Crippen LogP contribution < -0.4 is 5.73 Å². The highest BCUT2D eigenvalue weighted by atomic mass is 16.6. The SMILES string of the molecule is CCOC(=O)C(C(=O)OCC)c1ccc(N)cc1. The number of esters is 2. The molecule has 0 aliphatic carbocycles. The zero-order chi connectivity index (χ0) is 13.5. The number of hydrogen-bond acceptors (Lipinski definition) is 5. The third-order valence-electron chi connectivity index (χ3n) is 2.31. The predicted molar refractivity (Wildman–Crippen MR) is 66.9 cm³/mol. The van der Waals surface area contributed by atoms with Gasteiger partial charge in [0.2, 0.25) is 0 Å². The molecule has 0 saturated carbocycles. The van der Waals surface area contributed by atoms with E-state index < -0.39 is 17.9 Å². The minimum Gasteiger partial charge on any atom is -0.465 e. The highest BCUT2D eigenvalue weighted by Gasteiger charge is 2.31. The molecular weight excluding hydrogens is 234 g/mol. The number of benzene rings is 1. The Bertz CT molecular complexity index is 396. The van der Waals surface area contributed by atoms with Crippen molar-refractivity contribution in [2.24, 2.45) is 0 Å². The topological polar surface area (TPSA) is 78.6 Å². The van der Waals surface area contributed by atoms with Gasteiger partial charge in [0, 0.05) is 5.69 Å². The first-order valence-electron chi connectivity index (χ1n) is 5.78. The van der Waals surface area contributed by atoms with Crippen molar-refractivity contribution in [2.75, 3.05) is 18.9 Å². The van der Waals surface area contributed by atoms with Gasteiger partial charge in [0.1, 0.15) is 0 Å². The molecule has 18 heavy (non-hydrogen) atoms. The van der Waals surface area contributed by atoms with Crippen LogP contribution >= 0.6 is 0 Å². The van der Waals surface area contributed by atoms with Crippen LogP contribution in [0.3, 0.4) is 0 Å². The van der Waals surface area contributed by atoms with Crippen LogP contribution in [-0.4, -0.2) is 25.2 Å². The summed E-state index contributed by atoms with van der Waals surface area (Å²) >= 11 is 0. The van der Waals surface area contributed by atoms with Gasteiger partial charge in [-0.15, -0.1) is 0 Å². The van der Waals surface area contributed by atoms with Gasteiger partial charge in [0.25, 0.3) is 0 Å². The minimum atomic E-state index is -1.05. The Kier molecular flexibility index (Phi) is 5.17. The lowest BCUT2D eigenvalue weighted by atomic mass is 9.99. The number of ether oxygens (including phenoxy) is 2. The zero-order valence-electron chi connectivity index (χ0n) is 10.5. The number of rotatable bonds is 5. The normalized spacial score (nSPS) is 10.2. The molecule has 0 amide bonds. The van der Waals surface area contributed by atoms with E-state index in [2.05, 4.69) is 0 Å². The maximum atomic E-state index is 11.8. The summed E-state index contributed by atoms with van der Waals surface area (Å²) in [7, 11) is 0. The van der Waals surface area contributed by atoms with Crippen molar-refractivity contribution in [3.63, 3.8) is 0 Å². The summed E-state index contributed by atoms with van der Waals surface area (Å²) < 4.78 is 9.77. The smallest absolute Gasteiger partial charge is 0.324 e. The van der Waals surface area contributed by atoms with Gasteiger partial charge >= 0.3 is 11.9 Å². The fourth-order valence-corrected chi connectivity index (χ4v) is 1.51. The summed E-state index contributed by atoms with van der Waals surface area (Å²) in [5.74, 6) is -2.27. The molecule has 5 heteroatoms. The Morgan fingerprint density at radius 2 is 1.50 bits per heavy atom. The fourth-order valence-electron chi connectivity index (χ4n) is 1.51. The molecule has 0 radical (unpaired) electrons. The van der Waals surface area contributed by atoms with E-state index in [1.165, 1.54) is 0 Å². The van der Waals surface area contributed by atoms with Crippen molar-refractivity contribution >= 4 is 17.6 Å². The molecule has 0 bridgehead atoms. The van der Waals surface area contributed by atoms with Gasteiger partial charge in [-0.25, -0.2) is 0 Å². The molecular formula is C13H17NO4. The number of nitrogen functional groups attached to an aromatic ring is 1. The van der Waals surface area contributed by atoms with E-state index in [9.17, 15) is 9.59 Å². The molecule has 2 N–H and O–H groups in total. The third kappa shape index (κ3) is 3.48. The quantitative estimate of drug-likeness (QED) is 0.487. The lowest BCUT2D eigenvalue weighted by Crippen LogP contribution is -2.26. The van der Waals surface area contributed by atoms with Crippen LogP contribution in [0.5, 0.6) is 0 Å². The highest BCUT2D eigenvalue weighted by Crippen LogP contribution is 2.20. The Hall–Kier alpha value is -2.04. The largest absolute Gasteiger partial charge is 0.465 e. The van der Waals surface area contributed by atoms with Crippen LogP contribution in [-0.2, 0) is 19.1 Å². The van der Waals surface area contributed by atoms with Crippen molar-refractivity contribution < 1.29 is 19.1 Å². The van der Waals surface area contributed by atoms with E-state index in [0.29, 0.717) is 11.3 Å². The van der Waals surface area contributed by atoms with Crippen molar-refractivity contribution in [3.8, 4) is 0 Å². The second kappa shape index (κ2) is 6.64. The average molecular weight is 251 g/mol. The number of anilines is 1. The molecule has 0 aromatic heterocycles. The molecule has 0 saturated heterocycles. The van der Waals surface area contributed by atoms with Gasteiger partial charge in [-0.05, 0) is 31.5 Å². The summed E-state index contributed by atoms with van der Waals surface area (Å²) in [6.45, 7) is 3.79. The molecule has 0 aliphatic rings. The van der Waals surface area contributed by atoms with Crippen molar-refractivity contribution in [3.05, 3.63) is 29.8 Å². The van der Waals surface area contributed by atoms with E-state index in [-0.39, 0.29) is 13.2 Å². The minimum absolute atomic E-state index is 0.212. The van der Waals surface area contributed by atoms with Crippen LogP contribution in [0.25, 0.3) is 0 Å². The standard InChI is InChI=1S/C13H17NO4/c1-3-17-12(15)11(13(16)18-4-2)9-5-7-10(14)8-6-9/h5-8,11H,3-4,14H2,1-2H3. The molecule has 1 aromatic rings. The summed E-state index contributed by atoms with van der Waals surface area (Å²) in [6, 6.07) is 6.49. The van der Waals surface area contributed by atoms with E-state index in [4.69, 9.17) is 15.2 Å². The second-order valence-electron chi connectivity index (χ2n) is 3.60. The highest BCUT2D eigenvalue weighted by molar-refractivity contribution is 6.00. The van der Waals surface area contributed by atoms with Crippen LogP contribution in [0.1, 0.15) is 25.3 Å². The Balaban J connectivity index is 2.99. The van der Waals surface area contributed by atoms with E-state index in [0.717, 1.165) is 0 Å². The van der Waals surface area contributed by atoms with Gasteiger partial charge < -0.3 is 15.2 Å². The molecule has 98 valence electrons. The van der Waals surface area contributed by atoms with Crippen LogP contribution in [0.15, 0.2) is 24.3 Å². The van der Waals surface area contributed by atoms with Crippen LogP contribution in [0.4, 0.5) is 5.69 Å². The Labute approximate surface area is 106 Å². The number of carbonyl (C=O) groups excluding carboxylic acids is 2. The van der Waals surface area contributed by atoms with E-state index >= 15 is 0 Å². The second-order valence-corrected chi connectivity index (χ2v) is 3.60. The summed E-state index contributed by atoms with van der Waals surface area (Å²) in [5.41, 5.74) is 6.64. The predicted octanol–water partition coefficient (Wildman–Crippen LogP) is 1.48. The molecule has 1 aromatic carbocycles. The summed E-state index contributed by atoms with van der Waals surface area (Å²) in [6.07, 6.45) is 0. The maximum Gasteiger partial charge on any atom is 0.324 e. The molecule has 0 spiro atoms. The monoisotopic (exact) mass is 251 g/mol. The fraction of sp³-hybridized carbons (Fsp3) is 0.385. The molecule has 1 rings (SSSR count). The first-order valence-corrected chi connectivity index (χ1v) is 5.78. The van der Waals surface area contributed by atoms with Gasteiger partial charge in [0.05, 0.1) is 13.2 Å². The maximum absolute atomic E-state index is 11.8. The first-order chi connectivity index (χ1) is 8.60. The Morgan fingerprint density at radius 3 is 1.89 bits per heavy atom. The molecule has 0 atom stereocenters. The van der Waals surface area contributed by atoms with Crippen molar-refractivity contribution in [1.82, 2.24) is 0 Å². The molecule has 0 unspecified atom stereocenters. The first kappa shape index (κ1) is 14.0. The van der Waals surface area contributed by atoms with E-state index in [1.54, 1.807) is 38.1 Å². The van der Waals surface area contributed by atoms with Gasteiger partial charge in [-0.2, -0.15) is 0 Å². The van der Waals surface area contributed by atoms with Crippen molar-refractivity contribution in [1.29, 1.82) is 0 Å². The average Bonchev–Trinajstić information content (AvgIpc) is 2.33. The zero-order valence-corrected chi connectivity index (χ0v) is 10.5. The van der Waals surface area contributed by atoms with Gasteiger partial charge in [-0.3, -0.25) is 9.59 Å². The summed E-state index contributed by atoms with van der Waals surface area (Å²) in [4.78, 5) is 23.6. The molecule has 0 aliphatic heterocycles. The van der Waals surface area contributed by atoms with Crippen LogP contribution in [0.2, 0.25) is 0 Å². The molecule has 0 fully saturated rings. The van der Waals surface area contributed by atoms with Gasteiger partial charge in [-0.1, -0.05) is 12.1 Å². The summed E-state index contributed by atoms with van der Waals surface area (Å²) in [5, 5.41) is 0.